The van der Waals surface area contributed by atoms with Crippen molar-refractivity contribution in [3.8, 4) is 0 Å². The molecule has 2 heterocycles. The summed E-state index contributed by atoms with van der Waals surface area (Å²) in [6.45, 7) is -0.243. The Morgan fingerprint density at radius 2 is 2.33 bits per heavy atom. The number of ether oxygens (including phenoxy) is 2. The monoisotopic (exact) mass is 174 g/mol. The molecule has 2 aliphatic heterocycles. The maximum Gasteiger partial charge on any atom is 0.285 e. The summed E-state index contributed by atoms with van der Waals surface area (Å²) in [6.07, 6.45) is -2.58. The van der Waals surface area contributed by atoms with Crippen molar-refractivity contribution in [1.82, 2.24) is 0 Å². The van der Waals surface area contributed by atoms with Crippen molar-refractivity contribution in [3.05, 3.63) is 0 Å². The van der Waals surface area contributed by atoms with Crippen LogP contribution < -0.4 is 5.73 Å². The summed E-state index contributed by atoms with van der Waals surface area (Å²) in [5.41, 5.74) is 5.25. The number of nitrogens with zero attached hydrogens (tertiary/aromatic N) is 1. The Kier molecular flexibility index (Phi) is 1.67. The van der Waals surface area contributed by atoms with E-state index < -0.39 is 24.5 Å². The smallest absolute Gasteiger partial charge is 0.285 e. The van der Waals surface area contributed by atoms with E-state index in [4.69, 9.17) is 20.3 Å². The second-order valence-corrected chi connectivity index (χ2v) is 2.79. The summed E-state index contributed by atoms with van der Waals surface area (Å²) in [7, 11) is 0. The zero-order chi connectivity index (χ0) is 8.72. The van der Waals surface area contributed by atoms with Crippen molar-refractivity contribution in [2.45, 2.75) is 24.5 Å². The molecule has 0 radical (unpaired) electrons. The molecule has 0 saturated carbocycles. The Bertz CT molecular complexity index is 220. The number of aliphatic imine (C=N–C) groups is 1. The fourth-order valence-corrected chi connectivity index (χ4v) is 1.40. The average Bonchev–Trinajstić information content (AvgIpc) is 2.51. The van der Waals surface area contributed by atoms with Gasteiger partial charge in [-0.05, 0) is 0 Å². The van der Waals surface area contributed by atoms with Gasteiger partial charge in [-0.1, -0.05) is 0 Å². The largest absolute Gasteiger partial charge is 0.454 e. The minimum absolute atomic E-state index is 0.0282. The van der Waals surface area contributed by atoms with Crippen LogP contribution in [0, 0.1) is 0 Å². The first-order valence-corrected chi connectivity index (χ1v) is 3.66. The number of aliphatic hydroxyl groups excluding tert-OH is 2. The lowest BCUT2D eigenvalue weighted by Gasteiger charge is -2.13. The number of nitrogens with two attached hydrogens (primary N) is 1. The van der Waals surface area contributed by atoms with Crippen molar-refractivity contribution in [2.24, 2.45) is 10.7 Å². The van der Waals surface area contributed by atoms with Crippen molar-refractivity contribution in [3.63, 3.8) is 0 Å². The van der Waals surface area contributed by atoms with E-state index >= 15 is 0 Å². The Morgan fingerprint density at radius 1 is 1.58 bits per heavy atom. The molecule has 0 aliphatic carbocycles. The molecule has 2 rings (SSSR count). The van der Waals surface area contributed by atoms with Gasteiger partial charge in [0.05, 0.1) is 6.61 Å². The lowest BCUT2D eigenvalue weighted by Crippen LogP contribution is -2.35. The van der Waals surface area contributed by atoms with Gasteiger partial charge in [0.2, 0.25) is 0 Å². The predicted molar refractivity (Wildman–Crippen MR) is 38.2 cm³/mol. The molecule has 0 spiro atoms. The van der Waals surface area contributed by atoms with Crippen LogP contribution in [-0.2, 0) is 9.47 Å². The van der Waals surface area contributed by atoms with Gasteiger partial charge < -0.3 is 25.4 Å². The van der Waals surface area contributed by atoms with E-state index in [1.807, 2.05) is 0 Å². The molecule has 0 aromatic heterocycles. The number of rotatable bonds is 1. The third-order valence-electron chi connectivity index (χ3n) is 2.00. The van der Waals surface area contributed by atoms with E-state index in [9.17, 15) is 5.11 Å². The topological polar surface area (TPSA) is 97.3 Å². The standard InChI is InChI=1S/C6H10N2O4/c7-6-8-5-4(12-6)3(10)2(1-9)11-5/h2-5,9-10H,1H2,(H2,7,8)/t2-,3?,4-,5+/m0/s1. The molecule has 68 valence electrons. The molecule has 0 aromatic carbocycles. The Balaban J connectivity index is 2.10. The molecule has 1 saturated heterocycles. The zero-order valence-electron chi connectivity index (χ0n) is 6.25. The maximum absolute atomic E-state index is 9.44. The van der Waals surface area contributed by atoms with Gasteiger partial charge in [-0.3, -0.25) is 0 Å². The van der Waals surface area contributed by atoms with E-state index in [1.165, 1.54) is 0 Å². The SMILES string of the molecule is NC1=N[C@@H]2O[C@@H](CO)C(O)[C@@H]2O1. The lowest BCUT2D eigenvalue weighted by atomic mass is 10.1. The summed E-state index contributed by atoms with van der Waals surface area (Å²) >= 11 is 0. The molecule has 0 aromatic rings. The number of aliphatic hydroxyl groups is 2. The first kappa shape index (κ1) is 7.78. The number of fused-ring (bicyclic) bond motifs is 1. The molecule has 6 heteroatoms. The molecule has 0 bridgehead atoms. The highest BCUT2D eigenvalue weighted by Crippen LogP contribution is 2.28. The highest BCUT2D eigenvalue weighted by Gasteiger charge is 2.48. The van der Waals surface area contributed by atoms with Crippen LogP contribution >= 0.6 is 0 Å². The molecular formula is C6H10N2O4. The Morgan fingerprint density at radius 3 is 2.92 bits per heavy atom. The highest BCUT2D eigenvalue weighted by atomic mass is 16.6. The van der Waals surface area contributed by atoms with E-state index in [1.54, 1.807) is 0 Å². The summed E-state index contributed by atoms with van der Waals surface area (Å²) in [5, 5.41) is 18.2. The molecule has 0 amide bonds. The van der Waals surface area contributed by atoms with Crippen LogP contribution in [0.25, 0.3) is 0 Å². The second kappa shape index (κ2) is 2.58. The Hall–Kier alpha value is -0.850. The van der Waals surface area contributed by atoms with Gasteiger partial charge in [0.15, 0.2) is 12.3 Å². The lowest BCUT2D eigenvalue weighted by molar-refractivity contribution is -0.0206. The van der Waals surface area contributed by atoms with Gasteiger partial charge in [0.25, 0.3) is 6.02 Å². The van der Waals surface area contributed by atoms with Gasteiger partial charge in [-0.15, -0.1) is 0 Å². The van der Waals surface area contributed by atoms with Crippen molar-refractivity contribution >= 4 is 6.02 Å². The van der Waals surface area contributed by atoms with E-state index in [0.717, 1.165) is 0 Å². The minimum atomic E-state index is -0.857. The first-order chi connectivity index (χ1) is 5.72. The third-order valence-corrected chi connectivity index (χ3v) is 2.00. The number of hydrogen-bond donors (Lipinski definition) is 3. The van der Waals surface area contributed by atoms with Crippen molar-refractivity contribution < 1.29 is 19.7 Å². The van der Waals surface area contributed by atoms with Gasteiger partial charge in [0.1, 0.15) is 12.2 Å². The summed E-state index contributed by atoms with van der Waals surface area (Å²) < 4.78 is 10.1. The third kappa shape index (κ3) is 0.961. The molecule has 12 heavy (non-hydrogen) atoms. The number of amidine groups is 1. The summed E-state index contributed by atoms with van der Waals surface area (Å²) in [6, 6.07) is 0.0282. The molecule has 6 nitrogen and oxygen atoms in total. The molecule has 2 aliphatic rings. The van der Waals surface area contributed by atoms with Crippen LogP contribution in [0.15, 0.2) is 4.99 Å². The quantitative estimate of drug-likeness (QED) is 0.418. The van der Waals surface area contributed by atoms with Gasteiger partial charge >= 0.3 is 0 Å². The molecular weight excluding hydrogens is 164 g/mol. The van der Waals surface area contributed by atoms with E-state index in [-0.39, 0.29) is 12.6 Å². The van der Waals surface area contributed by atoms with Crippen molar-refractivity contribution in [2.75, 3.05) is 6.61 Å². The maximum atomic E-state index is 9.44. The van der Waals surface area contributed by atoms with Gasteiger partial charge in [0, 0.05) is 0 Å². The number of hydrogen-bond acceptors (Lipinski definition) is 6. The fraction of sp³-hybridized carbons (Fsp3) is 0.833. The second-order valence-electron chi connectivity index (χ2n) is 2.79. The van der Waals surface area contributed by atoms with Crippen LogP contribution in [0.5, 0.6) is 0 Å². The minimum Gasteiger partial charge on any atom is -0.454 e. The van der Waals surface area contributed by atoms with Gasteiger partial charge in [-0.25, -0.2) is 0 Å². The summed E-state index contributed by atoms with van der Waals surface area (Å²) in [4.78, 5) is 3.78. The molecule has 4 N–H and O–H groups in total. The van der Waals surface area contributed by atoms with Crippen molar-refractivity contribution in [1.29, 1.82) is 0 Å². The average molecular weight is 174 g/mol. The highest BCUT2D eigenvalue weighted by molar-refractivity contribution is 5.73. The normalized spacial score (nSPS) is 45.3. The van der Waals surface area contributed by atoms with Crippen LogP contribution in [-0.4, -0.2) is 47.4 Å². The van der Waals surface area contributed by atoms with Crippen LogP contribution in [0.1, 0.15) is 0 Å². The summed E-state index contributed by atoms with van der Waals surface area (Å²) in [5.74, 6) is 0. The Labute approximate surface area is 68.6 Å². The van der Waals surface area contributed by atoms with Gasteiger partial charge in [-0.2, -0.15) is 4.99 Å². The van der Waals surface area contributed by atoms with Crippen LogP contribution in [0.2, 0.25) is 0 Å². The van der Waals surface area contributed by atoms with Crippen LogP contribution in [0.4, 0.5) is 0 Å². The fourth-order valence-electron chi connectivity index (χ4n) is 1.40. The first-order valence-electron chi connectivity index (χ1n) is 3.66. The van der Waals surface area contributed by atoms with Crippen LogP contribution in [0.3, 0.4) is 0 Å². The zero-order valence-corrected chi connectivity index (χ0v) is 6.25. The predicted octanol–water partition coefficient (Wildman–Crippen LogP) is -2.22. The molecule has 4 atom stereocenters. The van der Waals surface area contributed by atoms with E-state index in [0.29, 0.717) is 0 Å². The molecule has 1 unspecified atom stereocenters. The van der Waals surface area contributed by atoms with E-state index in [2.05, 4.69) is 4.99 Å². The molecule has 1 fully saturated rings.